The van der Waals surface area contributed by atoms with Crippen molar-refractivity contribution in [3.63, 3.8) is 0 Å². The van der Waals surface area contributed by atoms with Crippen LogP contribution in [0.5, 0.6) is 0 Å². The first-order valence-corrected chi connectivity index (χ1v) is 12.8. The molecule has 1 aromatic heterocycles. The molecule has 1 aliphatic carbocycles. The van der Waals surface area contributed by atoms with E-state index in [0.29, 0.717) is 17.2 Å². The van der Waals surface area contributed by atoms with Gasteiger partial charge in [0.1, 0.15) is 5.71 Å². The minimum absolute atomic E-state index is 0.358. The van der Waals surface area contributed by atoms with Crippen molar-refractivity contribution >= 4 is 44.9 Å². The molecular weight excluding hydrogens is 478 g/mol. The predicted octanol–water partition coefficient (Wildman–Crippen LogP) is 7.98. The Morgan fingerprint density at radius 3 is 2.23 bits per heavy atom. The fourth-order valence-electron chi connectivity index (χ4n) is 5.04. The van der Waals surface area contributed by atoms with Crippen LogP contribution >= 0.6 is 0 Å². The number of nitrogens with zero attached hydrogens (tertiary/aromatic N) is 3. The van der Waals surface area contributed by atoms with Crippen molar-refractivity contribution in [1.82, 2.24) is 9.97 Å². The quantitative estimate of drug-likeness (QED) is 0.241. The summed E-state index contributed by atoms with van der Waals surface area (Å²) in [5.74, 6) is 0.661. The van der Waals surface area contributed by atoms with E-state index in [0.717, 1.165) is 55.3 Å². The molecule has 0 saturated heterocycles. The van der Waals surface area contributed by atoms with Gasteiger partial charge in [0.2, 0.25) is 0 Å². The van der Waals surface area contributed by atoms with E-state index in [1.807, 2.05) is 72.8 Å². The summed E-state index contributed by atoms with van der Waals surface area (Å²) < 4.78 is 0. The summed E-state index contributed by atoms with van der Waals surface area (Å²) in [4.78, 5) is 10.0. The molecule has 0 amide bonds. The van der Waals surface area contributed by atoms with Crippen LogP contribution in [0.25, 0.3) is 50.4 Å². The number of aromatic nitrogens is 2. The van der Waals surface area contributed by atoms with Crippen molar-refractivity contribution in [3.05, 3.63) is 132 Å². The van der Waals surface area contributed by atoms with Crippen LogP contribution in [0, 0.1) is 5.41 Å². The lowest BCUT2D eigenvalue weighted by atomic mass is 9.88. The van der Waals surface area contributed by atoms with E-state index in [4.69, 9.17) is 15.4 Å². The first-order valence-electron chi connectivity index (χ1n) is 12.8. The van der Waals surface area contributed by atoms with Gasteiger partial charge in [-0.2, -0.15) is 5.10 Å². The second kappa shape index (κ2) is 9.47. The highest BCUT2D eigenvalue weighted by atomic mass is 15.3. The molecule has 0 spiro atoms. The largest absolute Gasteiger partial charge is 0.299 e. The van der Waals surface area contributed by atoms with E-state index in [1.165, 1.54) is 0 Å². The third-order valence-electron chi connectivity index (χ3n) is 6.95. The number of benzene rings is 5. The number of nitrogens with one attached hydrogen (secondary N) is 2. The van der Waals surface area contributed by atoms with E-state index in [-0.39, 0.29) is 0 Å². The van der Waals surface area contributed by atoms with Gasteiger partial charge in [-0.05, 0) is 46.7 Å². The van der Waals surface area contributed by atoms with E-state index >= 15 is 0 Å². The van der Waals surface area contributed by atoms with E-state index in [2.05, 4.69) is 59.1 Å². The van der Waals surface area contributed by atoms with Crippen LogP contribution in [-0.2, 0) is 0 Å². The SMILES string of the molecule is N=C1C=Cc2ccc3ccc(-c4nc(-c5ccccc5)c5ccccc5n4)cc3c2/C1=N/Nc1ccccc1. The number of hydrogen-bond acceptors (Lipinski definition) is 5. The molecule has 0 atom stereocenters. The molecule has 0 bridgehead atoms. The van der Waals surface area contributed by atoms with Crippen LogP contribution in [0.2, 0.25) is 0 Å². The number of anilines is 1. The lowest BCUT2D eigenvalue weighted by Gasteiger charge is -2.18. The zero-order valence-corrected chi connectivity index (χ0v) is 21.0. The van der Waals surface area contributed by atoms with Gasteiger partial charge in [-0.1, -0.05) is 97.1 Å². The van der Waals surface area contributed by atoms with Crippen molar-refractivity contribution in [2.24, 2.45) is 5.10 Å². The van der Waals surface area contributed by atoms with Crippen LogP contribution in [0.1, 0.15) is 11.1 Å². The molecule has 0 unspecified atom stereocenters. The Balaban J connectivity index is 1.41. The van der Waals surface area contributed by atoms with E-state index in [1.54, 1.807) is 6.08 Å². The highest BCUT2D eigenvalue weighted by Gasteiger charge is 2.21. The molecular formula is C34H23N5. The molecule has 7 rings (SSSR count). The molecule has 5 nitrogen and oxygen atoms in total. The first kappa shape index (κ1) is 22.8. The minimum Gasteiger partial charge on any atom is -0.299 e. The summed E-state index contributed by atoms with van der Waals surface area (Å²) in [5.41, 5.74) is 10.7. The van der Waals surface area contributed by atoms with Gasteiger partial charge >= 0.3 is 0 Å². The number of hydrazone groups is 1. The molecule has 0 aliphatic heterocycles. The number of allylic oxidation sites excluding steroid dienone is 1. The summed E-state index contributed by atoms with van der Waals surface area (Å²) >= 11 is 0. The Bertz CT molecular complexity index is 1940. The maximum Gasteiger partial charge on any atom is 0.160 e. The highest BCUT2D eigenvalue weighted by Crippen LogP contribution is 2.33. The summed E-state index contributed by atoms with van der Waals surface area (Å²) in [6.45, 7) is 0. The Labute approximate surface area is 225 Å². The zero-order chi connectivity index (χ0) is 26.2. The third kappa shape index (κ3) is 4.16. The molecule has 5 aromatic carbocycles. The molecule has 0 fully saturated rings. The van der Waals surface area contributed by atoms with Gasteiger partial charge in [-0.25, -0.2) is 9.97 Å². The van der Waals surface area contributed by atoms with Gasteiger partial charge in [0.05, 0.1) is 22.6 Å². The van der Waals surface area contributed by atoms with Crippen LogP contribution in [0.3, 0.4) is 0 Å². The Morgan fingerprint density at radius 1 is 0.641 bits per heavy atom. The third-order valence-corrected chi connectivity index (χ3v) is 6.95. The molecule has 39 heavy (non-hydrogen) atoms. The zero-order valence-electron chi connectivity index (χ0n) is 21.0. The van der Waals surface area contributed by atoms with Crippen LogP contribution in [0.15, 0.2) is 126 Å². The molecule has 2 N–H and O–H groups in total. The van der Waals surface area contributed by atoms with E-state index < -0.39 is 0 Å². The lowest BCUT2D eigenvalue weighted by Crippen LogP contribution is -2.19. The summed E-state index contributed by atoms with van der Waals surface area (Å²) in [6.07, 6.45) is 3.77. The average Bonchev–Trinajstić information content (AvgIpc) is 3.00. The maximum atomic E-state index is 8.67. The van der Waals surface area contributed by atoms with Gasteiger partial charge in [0, 0.05) is 22.1 Å². The number of hydrogen-bond donors (Lipinski definition) is 2. The van der Waals surface area contributed by atoms with Crippen LogP contribution in [-0.4, -0.2) is 21.4 Å². The second-order valence-corrected chi connectivity index (χ2v) is 9.43. The Kier molecular flexibility index (Phi) is 5.52. The fourth-order valence-corrected chi connectivity index (χ4v) is 5.04. The normalized spacial score (nSPS) is 13.6. The topological polar surface area (TPSA) is 74.0 Å². The smallest absolute Gasteiger partial charge is 0.160 e. The van der Waals surface area contributed by atoms with E-state index in [9.17, 15) is 0 Å². The molecule has 0 saturated carbocycles. The molecule has 184 valence electrons. The standard InChI is InChI=1S/C34H23N5/c35-29-20-19-23-17-15-22-16-18-25(21-28(22)31(23)33(29)39-38-26-11-5-2-6-12-26)34-36-30-14-8-7-13-27(30)32(37-34)24-9-3-1-4-10-24/h1-21,35,38H/b35-29?,39-33+. The van der Waals surface area contributed by atoms with Crippen molar-refractivity contribution in [1.29, 1.82) is 5.41 Å². The van der Waals surface area contributed by atoms with Crippen molar-refractivity contribution in [3.8, 4) is 22.6 Å². The second-order valence-electron chi connectivity index (χ2n) is 9.43. The number of fused-ring (bicyclic) bond motifs is 4. The minimum atomic E-state index is 0.358. The Hall–Kier alpha value is -5.42. The summed E-state index contributed by atoms with van der Waals surface area (Å²) in [5, 5.41) is 16.4. The van der Waals surface area contributed by atoms with Gasteiger partial charge in [0.25, 0.3) is 0 Å². The van der Waals surface area contributed by atoms with Gasteiger partial charge in [0.15, 0.2) is 5.82 Å². The van der Waals surface area contributed by atoms with Crippen molar-refractivity contribution in [2.75, 3.05) is 5.43 Å². The fraction of sp³-hybridized carbons (Fsp3) is 0. The molecule has 6 aromatic rings. The monoisotopic (exact) mass is 501 g/mol. The molecule has 1 heterocycles. The lowest BCUT2D eigenvalue weighted by molar-refractivity contribution is 1.23. The van der Waals surface area contributed by atoms with Crippen molar-refractivity contribution in [2.45, 2.75) is 0 Å². The molecule has 1 aliphatic rings. The average molecular weight is 502 g/mol. The van der Waals surface area contributed by atoms with Gasteiger partial charge < -0.3 is 0 Å². The summed E-state index contributed by atoms with van der Waals surface area (Å²) in [7, 11) is 0. The number of para-hydroxylation sites is 2. The maximum absolute atomic E-state index is 8.67. The summed E-state index contributed by atoms with van der Waals surface area (Å²) in [6, 6.07) is 38.6. The van der Waals surface area contributed by atoms with Gasteiger partial charge in [-0.15, -0.1) is 0 Å². The molecule has 5 heteroatoms. The van der Waals surface area contributed by atoms with Crippen LogP contribution < -0.4 is 5.43 Å². The first-order chi connectivity index (χ1) is 19.2. The highest BCUT2D eigenvalue weighted by molar-refractivity contribution is 6.55. The van der Waals surface area contributed by atoms with Gasteiger partial charge in [-0.3, -0.25) is 10.8 Å². The predicted molar refractivity (Wildman–Crippen MR) is 161 cm³/mol. The van der Waals surface area contributed by atoms with Crippen LogP contribution in [0.4, 0.5) is 5.69 Å². The molecule has 0 radical (unpaired) electrons. The van der Waals surface area contributed by atoms with Crippen molar-refractivity contribution < 1.29 is 0 Å². The Morgan fingerprint density at radius 2 is 1.38 bits per heavy atom. The number of rotatable bonds is 4.